The van der Waals surface area contributed by atoms with Gasteiger partial charge in [0.15, 0.2) is 17.0 Å². The monoisotopic (exact) mass is 320 g/mol. The van der Waals surface area contributed by atoms with Gasteiger partial charge in [-0.25, -0.2) is 9.78 Å². The number of fused-ring (bicyclic) bond motifs is 1. The fraction of sp³-hybridized carbons (Fsp3) is 0.467. The van der Waals surface area contributed by atoms with Crippen molar-refractivity contribution in [3.8, 4) is 5.88 Å². The van der Waals surface area contributed by atoms with E-state index in [0.29, 0.717) is 24.8 Å². The molecular weight excluding hydrogens is 300 g/mol. The van der Waals surface area contributed by atoms with E-state index in [2.05, 4.69) is 15.0 Å². The highest BCUT2D eigenvalue weighted by Crippen LogP contribution is 2.24. The summed E-state index contributed by atoms with van der Waals surface area (Å²) in [6.45, 7) is 7.17. The van der Waals surface area contributed by atoms with Crippen LogP contribution in [0.1, 0.15) is 31.1 Å². The highest BCUT2D eigenvalue weighted by Gasteiger charge is 2.20. The van der Waals surface area contributed by atoms with Crippen LogP contribution in [0.15, 0.2) is 11.0 Å². The standard InChI is InChI=1S/C15H20N4O4/c1-5-19(6-2)13-14(22-4)18-12-10(17-13)11(20)9(8-16-12)15(21)23-7-3/h8H,5-7H2,1-4H3,(H,16,18,20). The normalized spacial score (nSPS) is 10.6. The number of ether oxygens (including phenoxy) is 2. The zero-order valence-electron chi connectivity index (χ0n) is 13.7. The summed E-state index contributed by atoms with van der Waals surface area (Å²) in [6.07, 6.45) is 1.29. The lowest BCUT2D eigenvalue weighted by molar-refractivity contribution is 0.0524. The third-order valence-electron chi connectivity index (χ3n) is 3.41. The molecule has 0 amide bonds. The highest BCUT2D eigenvalue weighted by molar-refractivity contribution is 5.92. The number of methoxy groups -OCH3 is 1. The summed E-state index contributed by atoms with van der Waals surface area (Å²) in [6, 6.07) is 0. The van der Waals surface area contributed by atoms with Crippen molar-refractivity contribution in [2.45, 2.75) is 20.8 Å². The minimum atomic E-state index is -0.683. The number of pyridine rings is 1. The van der Waals surface area contributed by atoms with Gasteiger partial charge in [0.1, 0.15) is 5.56 Å². The van der Waals surface area contributed by atoms with E-state index in [1.54, 1.807) is 6.92 Å². The summed E-state index contributed by atoms with van der Waals surface area (Å²) in [5.41, 5.74) is -0.265. The smallest absolute Gasteiger partial charge is 0.343 e. The Labute approximate surface area is 133 Å². The number of nitrogens with zero attached hydrogens (tertiary/aromatic N) is 3. The fourth-order valence-electron chi connectivity index (χ4n) is 2.23. The lowest BCUT2D eigenvalue weighted by Gasteiger charge is -2.21. The number of aromatic nitrogens is 3. The summed E-state index contributed by atoms with van der Waals surface area (Å²) in [5.74, 6) is 0.106. The van der Waals surface area contributed by atoms with E-state index >= 15 is 0 Å². The van der Waals surface area contributed by atoms with Crippen LogP contribution in [-0.2, 0) is 4.74 Å². The van der Waals surface area contributed by atoms with Gasteiger partial charge in [-0.2, -0.15) is 4.98 Å². The van der Waals surface area contributed by atoms with Crippen LogP contribution >= 0.6 is 0 Å². The molecule has 0 unspecified atom stereocenters. The van der Waals surface area contributed by atoms with Crippen LogP contribution in [0.4, 0.5) is 5.82 Å². The van der Waals surface area contributed by atoms with Crippen molar-refractivity contribution >= 4 is 23.0 Å². The van der Waals surface area contributed by atoms with E-state index < -0.39 is 11.4 Å². The Kier molecular flexibility index (Phi) is 5.15. The quantitative estimate of drug-likeness (QED) is 0.802. The number of carbonyl (C=O) groups excluding carboxylic acids is 1. The van der Waals surface area contributed by atoms with Crippen molar-refractivity contribution in [1.82, 2.24) is 15.0 Å². The molecule has 0 aliphatic heterocycles. The predicted octanol–water partition coefficient (Wildman–Crippen LogP) is 1.35. The van der Waals surface area contributed by atoms with Gasteiger partial charge >= 0.3 is 5.97 Å². The maximum absolute atomic E-state index is 12.5. The van der Waals surface area contributed by atoms with Crippen LogP contribution in [0.3, 0.4) is 0 Å². The molecule has 0 fully saturated rings. The Hall–Kier alpha value is -2.64. The lowest BCUT2D eigenvalue weighted by atomic mass is 10.2. The first kappa shape index (κ1) is 16.7. The molecule has 0 radical (unpaired) electrons. The Balaban J connectivity index is 2.68. The molecule has 1 N–H and O–H groups in total. The van der Waals surface area contributed by atoms with Crippen LogP contribution in [0.5, 0.6) is 5.88 Å². The molecule has 124 valence electrons. The van der Waals surface area contributed by atoms with Crippen molar-refractivity contribution in [3.05, 3.63) is 22.0 Å². The molecule has 2 rings (SSSR count). The van der Waals surface area contributed by atoms with Crippen LogP contribution in [-0.4, -0.2) is 47.7 Å². The molecule has 0 atom stereocenters. The first-order valence-corrected chi connectivity index (χ1v) is 7.46. The number of esters is 1. The van der Waals surface area contributed by atoms with Gasteiger partial charge in [-0.15, -0.1) is 0 Å². The van der Waals surface area contributed by atoms with Gasteiger partial charge in [0.2, 0.25) is 5.43 Å². The van der Waals surface area contributed by atoms with Gasteiger partial charge in [-0.05, 0) is 20.8 Å². The molecule has 0 aliphatic rings. The molecule has 0 saturated heterocycles. The van der Waals surface area contributed by atoms with Gasteiger partial charge in [-0.1, -0.05) is 0 Å². The second-order valence-electron chi connectivity index (χ2n) is 4.68. The lowest BCUT2D eigenvalue weighted by Crippen LogP contribution is -2.26. The molecule has 8 heteroatoms. The van der Waals surface area contributed by atoms with E-state index in [1.807, 2.05) is 18.7 Å². The zero-order chi connectivity index (χ0) is 17.0. The van der Waals surface area contributed by atoms with Crippen LogP contribution in [0.2, 0.25) is 0 Å². The molecule has 2 aromatic heterocycles. The van der Waals surface area contributed by atoms with Crippen molar-refractivity contribution in [2.75, 3.05) is 31.7 Å². The largest absolute Gasteiger partial charge is 0.478 e. The topological polar surface area (TPSA) is 97.4 Å². The zero-order valence-corrected chi connectivity index (χ0v) is 13.7. The summed E-state index contributed by atoms with van der Waals surface area (Å²) in [4.78, 5) is 37.7. The Bertz CT molecular complexity index is 768. The summed E-state index contributed by atoms with van der Waals surface area (Å²) < 4.78 is 10.1. The summed E-state index contributed by atoms with van der Waals surface area (Å²) in [5, 5.41) is 0. The number of anilines is 1. The first-order valence-electron chi connectivity index (χ1n) is 7.46. The van der Waals surface area contributed by atoms with E-state index in [9.17, 15) is 9.59 Å². The van der Waals surface area contributed by atoms with E-state index in [4.69, 9.17) is 9.47 Å². The minimum absolute atomic E-state index is 0.0817. The highest BCUT2D eigenvalue weighted by atomic mass is 16.5. The second kappa shape index (κ2) is 7.08. The maximum Gasteiger partial charge on any atom is 0.343 e. The molecule has 0 saturated carbocycles. The number of hydrogen-bond donors (Lipinski definition) is 1. The number of H-pyrrole nitrogens is 1. The van der Waals surface area contributed by atoms with Gasteiger partial charge in [-0.3, -0.25) is 4.79 Å². The molecule has 23 heavy (non-hydrogen) atoms. The van der Waals surface area contributed by atoms with Crippen molar-refractivity contribution in [2.24, 2.45) is 0 Å². The molecule has 0 spiro atoms. The van der Waals surface area contributed by atoms with Crippen LogP contribution in [0.25, 0.3) is 11.2 Å². The average Bonchev–Trinajstić information content (AvgIpc) is 2.56. The summed E-state index contributed by atoms with van der Waals surface area (Å²) in [7, 11) is 1.49. The van der Waals surface area contributed by atoms with E-state index in [1.165, 1.54) is 13.3 Å². The fourth-order valence-corrected chi connectivity index (χ4v) is 2.23. The number of hydrogen-bond acceptors (Lipinski definition) is 7. The molecule has 0 aromatic carbocycles. The number of nitrogens with one attached hydrogen (secondary N) is 1. The molecular formula is C15H20N4O4. The molecule has 8 nitrogen and oxygen atoms in total. The van der Waals surface area contributed by atoms with E-state index in [0.717, 1.165) is 0 Å². The van der Waals surface area contributed by atoms with Gasteiger partial charge < -0.3 is 19.4 Å². The minimum Gasteiger partial charge on any atom is -0.478 e. The Morgan fingerprint density at radius 1 is 1.26 bits per heavy atom. The molecule has 0 bridgehead atoms. The van der Waals surface area contributed by atoms with Crippen molar-refractivity contribution < 1.29 is 14.3 Å². The predicted molar refractivity (Wildman–Crippen MR) is 86.2 cm³/mol. The first-order chi connectivity index (χ1) is 11.1. The Morgan fingerprint density at radius 2 is 1.96 bits per heavy atom. The van der Waals surface area contributed by atoms with Gasteiger partial charge in [0.25, 0.3) is 5.88 Å². The number of aromatic amines is 1. The third kappa shape index (κ3) is 3.10. The Morgan fingerprint density at radius 3 is 2.52 bits per heavy atom. The van der Waals surface area contributed by atoms with Crippen LogP contribution < -0.4 is 15.1 Å². The van der Waals surface area contributed by atoms with Gasteiger partial charge in [0, 0.05) is 19.3 Å². The molecule has 0 aliphatic carbocycles. The number of rotatable bonds is 6. The third-order valence-corrected chi connectivity index (χ3v) is 3.41. The molecule has 2 heterocycles. The molecule has 2 aromatic rings. The van der Waals surface area contributed by atoms with Crippen LogP contribution in [0, 0.1) is 0 Å². The number of carbonyl (C=O) groups is 1. The van der Waals surface area contributed by atoms with Gasteiger partial charge in [0.05, 0.1) is 13.7 Å². The SMILES string of the molecule is CCOC(=O)c1c[nH]c2nc(OC)c(N(CC)CC)nc2c1=O. The van der Waals surface area contributed by atoms with E-state index in [-0.39, 0.29) is 23.3 Å². The van der Waals surface area contributed by atoms with Crippen molar-refractivity contribution in [1.29, 1.82) is 0 Å². The summed E-state index contributed by atoms with van der Waals surface area (Å²) >= 11 is 0. The average molecular weight is 320 g/mol. The van der Waals surface area contributed by atoms with Crippen molar-refractivity contribution in [3.63, 3.8) is 0 Å². The maximum atomic E-state index is 12.5. The second-order valence-corrected chi connectivity index (χ2v) is 4.68.